The molecular weight excluding hydrogens is 270 g/mol. The first-order valence-electron chi connectivity index (χ1n) is 7.27. The summed E-state index contributed by atoms with van der Waals surface area (Å²) in [5.41, 5.74) is 0.352. The quantitative estimate of drug-likeness (QED) is 0.859. The highest BCUT2D eigenvalue weighted by atomic mass is 16.3. The van der Waals surface area contributed by atoms with Gasteiger partial charge in [-0.1, -0.05) is 0 Å². The van der Waals surface area contributed by atoms with E-state index in [2.05, 4.69) is 4.98 Å². The summed E-state index contributed by atoms with van der Waals surface area (Å²) in [7, 11) is 1.62. The lowest BCUT2D eigenvalue weighted by atomic mass is 10.1. The topological polar surface area (TPSA) is 68.3 Å². The Hall–Kier alpha value is -2.11. The van der Waals surface area contributed by atoms with Gasteiger partial charge >= 0.3 is 0 Å². The summed E-state index contributed by atoms with van der Waals surface area (Å²) in [6.07, 6.45) is 3.76. The van der Waals surface area contributed by atoms with Crippen molar-refractivity contribution in [2.45, 2.75) is 26.7 Å². The molecule has 112 valence electrons. The number of rotatable bonds is 4. The van der Waals surface area contributed by atoms with E-state index in [-0.39, 0.29) is 22.6 Å². The summed E-state index contributed by atoms with van der Waals surface area (Å²) >= 11 is 0. The molecule has 0 aliphatic heterocycles. The molecule has 6 nitrogen and oxygen atoms in total. The highest BCUT2D eigenvalue weighted by Gasteiger charge is 2.30. The van der Waals surface area contributed by atoms with E-state index in [0.717, 1.165) is 6.54 Å². The van der Waals surface area contributed by atoms with Gasteiger partial charge in [0.1, 0.15) is 17.5 Å². The molecule has 1 fully saturated rings. The molecule has 0 saturated heterocycles. The largest absolute Gasteiger partial charge is 0.442 e. The maximum Gasteiger partial charge on any atom is 0.265 e. The molecule has 0 aromatic carbocycles. The van der Waals surface area contributed by atoms with E-state index in [9.17, 15) is 9.59 Å². The van der Waals surface area contributed by atoms with E-state index < -0.39 is 0 Å². The Labute approximate surface area is 122 Å². The van der Waals surface area contributed by atoms with Crippen molar-refractivity contribution in [2.24, 2.45) is 13.0 Å². The molecule has 1 aliphatic rings. The van der Waals surface area contributed by atoms with E-state index >= 15 is 0 Å². The fraction of sp³-hybridized carbons (Fsp3) is 0.533. The average Bonchev–Trinajstić information content (AvgIpc) is 3.21. The summed E-state index contributed by atoms with van der Waals surface area (Å²) in [5, 5.41) is 0.289. The molecule has 21 heavy (non-hydrogen) atoms. The molecule has 0 unspecified atom stereocenters. The number of furan rings is 1. The van der Waals surface area contributed by atoms with Crippen LogP contribution in [0, 0.1) is 12.8 Å². The highest BCUT2D eigenvalue weighted by molar-refractivity contribution is 6.06. The second-order valence-electron chi connectivity index (χ2n) is 5.66. The molecule has 0 N–H and O–H groups in total. The zero-order chi connectivity index (χ0) is 15.1. The number of aryl methyl sites for hydroxylation is 2. The van der Waals surface area contributed by atoms with Gasteiger partial charge in [0.25, 0.3) is 11.5 Å². The molecule has 0 spiro atoms. The van der Waals surface area contributed by atoms with Gasteiger partial charge in [-0.2, -0.15) is 0 Å². The summed E-state index contributed by atoms with van der Waals surface area (Å²) in [6, 6.07) is 0. The van der Waals surface area contributed by atoms with Crippen LogP contribution in [0.1, 0.15) is 35.9 Å². The van der Waals surface area contributed by atoms with Gasteiger partial charge in [-0.25, -0.2) is 4.98 Å². The van der Waals surface area contributed by atoms with Crippen molar-refractivity contribution in [2.75, 3.05) is 13.1 Å². The van der Waals surface area contributed by atoms with Gasteiger partial charge in [0.05, 0.1) is 5.56 Å². The number of aromatic nitrogens is 2. The maximum absolute atomic E-state index is 12.8. The van der Waals surface area contributed by atoms with Crippen molar-refractivity contribution < 1.29 is 9.21 Å². The fourth-order valence-electron chi connectivity index (χ4n) is 2.57. The third-order valence-electron chi connectivity index (χ3n) is 4.01. The van der Waals surface area contributed by atoms with Crippen molar-refractivity contribution in [1.29, 1.82) is 0 Å². The SMILES string of the molecule is CCN(CC1CC1)C(=O)c1c(C)oc2ncn(C)c(=O)c12. The normalized spacial score (nSPS) is 14.6. The zero-order valence-corrected chi connectivity index (χ0v) is 12.5. The maximum atomic E-state index is 12.8. The van der Waals surface area contributed by atoms with Crippen molar-refractivity contribution in [1.82, 2.24) is 14.5 Å². The van der Waals surface area contributed by atoms with Crippen LogP contribution < -0.4 is 5.56 Å². The summed E-state index contributed by atoms with van der Waals surface area (Å²) < 4.78 is 6.87. The van der Waals surface area contributed by atoms with Crippen LogP contribution in [0.4, 0.5) is 0 Å². The smallest absolute Gasteiger partial charge is 0.265 e. The first-order chi connectivity index (χ1) is 10.0. The third-order valence-corrected chi connectivity index (χ3v) is 4.01. The fourth-order valence-corrected chi connectivity index (χ4v) is 2.57. The van der Waals surface area contributed by atoms with Gasteiger partial charge in [0.2, 0.25) is 5.71 Å². The lowest BCUT2D eigenvalue weighted by Crippen LogP contribution is -2.33. The molecule has 3 rings (SSSR count). The van der Waals surface area contributed by atoms with Gasteiger partial charge in [-0.15, -0.1) is 0 Å². The minimum atomic E-state index is -0.248. The lowest BCUT2D eigenvalue weighted by Gasteiger charge is -2.20. The van der Waals surface area contributed by atoms with Gasteiger partial charge in [-0.05, 0) is 32.6 Å². The predicted molar refractivity (Wildman–Crippen MR) is 78.3 cm³/mol. The number of hydrogen-bond donors (Lipinski definition) is 0. The van der Waals surface area contributed by atoms with Crippen LogP contribution in [0.25, 0.3) is 11.1 Å². The highest BCUT2D eigenvalue weighted by Crippen LogP contribution is 2.31. The second-order valence-corrected chi connectivity index (χ2v) is 5.66. The van der Waals surface area contributed by atoms with Crippen molar-refractivity contribution in [3.63, 3.8) is 0 Å². The Morgan fingerprint density at radius 3 is 2.86 bits per heavy atom. The standard InChI is InChI=1S/C15H19N3O3/c1-4-18(7-10-5-6-10)15(20)11-9(2)21-13-12(11)14(19)17(3)8-16-13/h8,10H,4-7H2,1-3H3. The van der Waals surface area contributed by atoms with Crippen molar-refractivity contribution >= 4 is 17.0 Å². The molecule has 0 radical (unpaired) electrons. The number of nitrogens with zero attached hydrogens (tertiary/aromatic N) is 3. The molecule has 0 atom stereocenters. The van der Waals surface area contributed by atoms with E-state index in [1.807, 2.05) is 6.92 Å². The monoisotopic (exact) mass is 289 g/mol. The Morgan fingerprint density at radius 1 is 1.52 bits per heavy atom. The summed E-state index contributed by atoms with van der Waals surface area (Å²) in [4.78, 5) is 31.0. The van der Waals surface area contributed by atoms with Crippen LogP contribution in [-0.4, -0.2) is 33.4 Å². The molecular formula is C15H19N3O3. The van der Waals surface area contributed by atoms with Crippen LogP contribution >= 0.6 is 0 Å². The Kier molecular flexibility index (Phi) is 3.31. The van der Waals surface area contributed by atoms with E-state index in [1.54, 1.807) is 18.9 Å². The number of carbonyl (C=O) groups is 1. The zero-order valence-electron chi connectivity index (χ0n) is 12.5. The number of hydrogen-bond acceptors (Lipinski definition) is 4. The minimum absolute atomic E-state index is 0.134. The molecule has 2 heterocycles. The Balaban J connectivity index is 2.09. The van der Waals surface area contributed by atoms with Crippen LogP contribution in [-0.2, 0) is 7.05 Å². The van der Waals surface area contributed by atoms with Crippen molar-refractivity contribution in [3.8, 4) is 0 Å². The first kappa shape index (κ1) is 13.9. The van der Waals surface area contributed by atoms with Crippen LogP contribution in [0.5, 0.6) is 0 Å². The van der Waals surface area contributed by atoms with E-state index in [0.29, 0.717) is 23.8 Å². The van der Waals surface area contributed by atoms with Crippen molar-refractivity contribution in [3.05, 3.63) is 28.0 Å². The van der Waals surface area contributed by atoms with E-state index in [4.69, 9.17) is 4.42 Å². The lowest BCUT2D eigenvalue weighted by molar-refractivity contribution is 0.0757. The Morgan fingerprint density at radius 2 is 2.24 bits per heavy atom. The second kappa shape index (κ2) is 5.02. The number of carbonyl (C=O) groups excluding carboxylic acids is 1. The summed E-state index contributed by atoms with van der Waals surface area (Å²) in [5.74, 6) is 0.930. The minimum Gasteiger partial charge on any atom is -0.442 e. The van der Waals surface area contributed by atoms with Gasteiger partial charge in [-0.3, -0.25) is 9.59 Å². The summed E-state index contributed by atoms with van der Waals surface area (Å²) in [6.45, 7) is 5.04. The average molecular weight is 289 g/mol. The number of fused-ring (bicyclic) bond motifs is 1. The number of amides is 1. The molecule has 1 saturated carbocycles. The van der Waals surface area contributed by atoms with E-state index in [1.165, 1.54) is 23.7 Å². The van der Waals surface area contributed by atoms with Gasteiger partial charge in [0, 0.05) is 20.1 Å². The van der Waals surface area contributed by atoms with Crippen LogP contribution in [0.2, 0.25) is 0 Å². The third kappa shape index (κ3) is 2.34. The molecule has 1 amide bonds. The van der Waals surface area contributed by atoms with Crippen LogP contribution in [0.15, 0.2) is 15.5 Å². The first-order valence-corrected chi connectivity index (χ1v) is 7.27. The molecule has 0 bridgehead atoms. The molecule has 6 heteroatoms. The molecule has 1 aliphatic carbocycles. The molecule has 2 aromatic rings. The van der Waals surface area contributed by atoms with Gasteiger partial charge in [0.15, 0.2) is 0 Å². The molecule has 2 aromatic heterocycles. The Bertz CT molecular complexity index is 755. The van der Waals surface area contributed by atoms with Gasteiger partial charge < -0.3 is 13.9 Å². The predicted octanol–water partition coefficient (Wildman–Crippen LogP) is 1.71. The van der Waals surface area contributed by atoms with Crippen LogP contribution in [0.3, 0.4) is 0 Å².